The van der Waals surface area contributed by atoms with Gasteiger partial charge in [0, 0.05) is 50.4 Å². The Labute approximate surface area is 187 Å². The van der Waals surface area contributed by atoms with Crippen molar-refractivity contribution in [3.8, 4) is 0 Å². The average molecular weight is 453 g/mol. The van der Waals surface area contributed by atoms with Crippen molar-refractivity contribution in [2.75, 3.05) is 44.2 Å². The van der Waals surface area contributed by atoms with E-state index in [9.17, 15) is 19.7 Å². The predicted molar refractivity (Wildman–Crippen MR) is 117 cm³/mol. The zero-order chi connectivity index (χ0) is 22.8. The number of carbonyl (C=O) groups is 2. The number of amides is 2. The molecular weight excluding hydrogens is 424 g/mol. The third-order valence-corrected chi connectivity index (χ3v) is 5.72. The normalized spacial score (nSPS) is 19.9. The van der Waals surface area contributed by atoms with Crippen LogP contribution in [0.25, 0.3) is 0 Å². The van der Waals surface area contributed by atoms with Crippen LogP contribution in [-0.2, 0) is 9.53 Å². The fourth-order valence-corrected chi connectivity index (χ4v) is 4.17. The molecule has 10 heteroatoms. The van der Waals surface area contributed by atoms with E-state index >= 15 is 0 Å². The second kappa shape index (κ2) is 9.30. The molecule has 2 aliphatic heterocycles. The highest BCUT2D eigenvalue weighted by Crippen LogP contribution is 2.32. The fourth-order valence-electron chi connectivity index (χ4n) is 4.01. The van der Waals surface area contributed by atoms with Crippen LogP contribution in [0.2, 0.25) is 5.02 Å². The average Bonchev–Trinajstić information content (AvgIpc) is 2.72. The van der Waals surface area contributed by atoms with Crippen LogP contribution < -0.4 is 4.90 Å². The van der Waals surface area contributed by atoms with Crippen molar-refractivity contribution in [2.24, 2.45) is 5.92 Å². The summed E-state index contributed by atoms with van der Waals surface area (Å²) in [6.07, 6.45) is 1.11. The number of hydrogen-bond acceptors (Lipinski definition) is 6. The Hall–Kier alpha value is -2.55. The molecule has 0 saturated carbocycles. The van der Waals surface area contributed by atoms with E-state index < -0.39 is 10.5 Å². The molecular formula is C21H29ClN4O5. The topological polar surface area (TPSA) is 96.2 Å². The highest BCUT2D eigenvalue weighted by atomic mass is 35.5. The molecule has 2 amide bonds. The molecule has 0 spiro atoms. The number of nitro benzene ring substituents is 1. The maximum atomic E-state index is 13.1. The lowest BCUT2D eigenvalue weighted by atomic mass is 9.96. The molecule has 170 valence electrons. The molecule has 2 heterocycles. The summed E-state index contributed by atoms with van der Waals surface area (Å²) in [5, 5.41) is 11.7. The molecule has 1 aromatic rings. The SMILES string of the molecule is CC(C)(C)OC(=O)N1CCCC(C(=O)N2CCN(c3ccc(Cl)cc3[N+](=O)[O-])CC2)C1. The smallest absolute Gasteiger partial charge is 0.410 e. The molecule has 2 aliphatic rings. The van der Waals surface area contributed by atoms with Crippen LogP contribution in [0.15, 0.2) is 18.2 Å². The summed E-state index contributed by atoms with van der Waals surface area (Å²) < 4.78 is 5.44. The van der Waals surface area contributed by atoms with E-state index in [1.54, 1.807) is 21.9 Å². The van der Waals surface area contributed by atoms with E-state index in [4.69, 9.17) is 16.3 Å². The van der Waals surface area contributed by atoms with Gasteiger partial charge >= 0.3 is 6.09 Å². The van der Waals surface area contributed by atoms with Gasteiger partial charge in [0.05, 0.1) is 10.8 Å². The number of halogens is 1. The number of rotatable bonds is 3. The summed E-state index contributed by atoms with van der Waals surface area (Å²) in [5.41, 5.74) is -0.0999. The third kappa shape index (κ3) is 5.78. The van der Waals surface area contributed by atoms with Crippen molar-refractivity contribution in [1.29, 1.82) is 0 Å². The molecule has 1 unspecified atom stereocenters. The number of ether oxygens (including phenoxy) is 1. The molecule has 9 nitrogen and oxygen atoms in total. The van der Waals surface area contributed by atoms with Crippen LogP contribution in [0.5, 0.6) is 0 Å². The number of benzene rings is 1. The van der Waals surface area contributed by atoms with Crippen LogP contribution >= 0.6 is 11.6 Å². The Morgan fingerprint density at radius 1 is 1.13 bits per heavy atom. The summed E-state index contributed by atoms with van der Waals surface area (Å²) in [6.45, 7) is 8.35. The second-order valence-corrected chi connectivity index (χ2v) is 9.40. The Balaban J connectivity index is 1.59. The minimum atomic E-state index is -0.575. The number of nitrogens with zero attached hydrogens (tertiary/aromatic N) is 4. The van der Waals surface area contributed by atoms with Crippen LogP contribution in [0.3, 0.4) is 0 Å². The summed E-state index contributed by atoms with van der Waals surface area (Å²) in [4.78, 5) is 41.7. The number of piperidine rings is 1. The van der Waals surface area contributed by atoms with Gasteiger partial charge < -0.3 is 19.4 Å². The summed E-state index contributed by atoms with van der Waals surface area (Å²) >= 11 is 5.91. The van der Waals surface area contributed by atoms with Gasteiger partial charge in [-0.3, -0.25) is 14.9 Å². The monoisotopic (exact) mass is 452 g/mol. The summed E-state index contributed by atoms with van der Waals surface area (Å²) in [7, 11) is 0. The lowest BCUT2D eigenvalue weighted by molar-refractivity contribution is -0.384. The molecule has 3 rings (SSSR count). The van der Waals surface area contributed by atoms with E-state index in [1.807, 2.05) is 25.7 Å². The van der Waals surface area contributed by atoms with E-state index in [2.05, 4.69) is 0 Å². The van der Waals surface area contributed by atoms with E-state index in [0.29, 0.717) is 50.0 Å². The van der Waals surface area contributed by atoms with Gasteiger partial charge in [-0.1, -0.05) is 11.6 Å². The van der Waals surface area contributed by atoms with Gasteiger partial charge in [0.1, 0.15) is 11.3 Å². The van der Waals surface area contributed by atoms with Gasteiger partial charge in [0.25, 0.3) is 5.69 Å². The van der Waals surface area contributed by atoms with Crippen molar-refractivity contribution < 1.29 is 19.2 Å². The lowest BCUT2D eigenvalue weighted by Gasteiger charge is -2.39. The van der Waals surface area contributed by atoms with E-state index in [1.165, 1.54) is 6.07 Å². The number of nitro groups is 1. The lowest BCUT2D eigenvalue weighted by Crippen LogP contribution is -2.53. The van der Waals surface area contributed by atoms with Crippen LogP contribution in [-0.4, -0.2) is 71.6 Å². The Morgan fingerprint density at radius 3 is 2.42 bits per heavy atom. The zero-order valence-corrected chi connectivity index (χ0v) is 18.9. The molecule has 0 aliphatic carbocycles. The molecule has 2 saturated heterocycles. The zero-order valence-electron chi connectivity index (χ0n) is 18.2. The van der Waals surface area contributed by atoms with Crippen molar-refractivity contribution in [3.63, 3.8) is 0 Å². The minimum absolute atomic E-state index is 0.0264. The first-order valence-electron chi connectivity index (χ1n) is 10.5. The highest BCUT2D eigenvalue weighted by molar-refractivity contribution is 6.30. The molecule has 1 aromatic carbocycles. The van der Waals surface area contributed by atoms with Crippen molar-refractivity contribution >= 4 is 35.0 Å². The molecule has 0 radical (unpaired) electrons. The first-order chi connectivity index (χ1) is 14.5. The Morgan fingerprint density at radius 2 is 1.81 bits per heavy atom. The first kappa shape index (κ1) is 23.1. The van der Waals surface area contributed by atoms with E-state index in [0.717, 1.165) is 12.8 Å². The van der Waals surface area contributed by atoms with Gasteiger partial charge in [-0.05, 0) is 45.7 Å². The third-order valence-electron chi connectivity index (χ3n) is 5.49. The molecule has 0 bridgehead atoms. The number of carbonyl (C=O) groups excluding carboxylic acids is 2. The second-order valence-electron chi connectivity index (χ2n) is 8.97. The number of hydrogen-bond donors (Lipinski definition) is 0. The maximum Gasteiger partial charge on any atom is 0.410 e. The molecule has 0 N–H and O–H groups in total. The molecule has 0 aromatic heterocycles. The highest BCUT2D eigenvalue weighted by Gasteiger charge is 2.34. The van der Waals surface area contributed by atoms with Gasteiger partial charge in [0.15, 0.2) is 0 Å². The van der Waals surface area contributed by atoms with Crippen molar-refractivity contribution in [2.45, 2.75) is 39.2 Å². The minimum Gasteiger partial charge on any atom is -0.444 e. The molecule has 1 atom stereocenters. The summed E-state index contributed by atoms with van der Waals surface area (Å²) in [5.74, 6) is -0.226. The predicted octanol–water partition coefficient (Wildman–Crippen LogP) is 3.54. The maximum absolute atomic E-state index is 13.1. The number of anilines is 1. The molecule has 31 heavy (non-hydrogen) atoms. The molecule has 2 fully saturated rings. The summed E-state index contributed by atoms with van der Waals surface area (Å²) in [6, 6.07) is 4.63. The largest absolute Gasteiger partial charge is 0.444 e. The standard InChI is InChI=1S/C21H29ClN4O5/c1-21(2,3)31-20(28)25-8-4-5-15(14-25)19(27)24-11-9-23(10-12-24)17-7-6-16(22)13-18(17)26(29)30/h6-7,13,15H,4-5,8-12,14H2,1-3H3. The van der Waals surface area contributed by atoms with Gasteiger partial charge in [-0.2, -0.15) is 0 Å². The number of likely N-dealkylation sites (tertiary alicyclic amines) is 1. The van der Waals surface area contributed by atoms with Crippen molar-refractivity contribution in [1.82, 2.24) is 9.80 Å². The van der Waals surface area contributed by atoms with Crippen LogP contribution in [0, 0.1) is 16.0 Å². The first-order valence-corrected chi connectivity index (χ1v) is 10.9. The number of piperazine rings is 1. The van der Waals surface area contributed by atoms with Gasteiger partial charge in [-0.25, -0.2) is 4.79 Å². The Kier molecular flexibility index (Phi) is 6.93. The fraction of sp³-hybridized carbons (Fsp3) is 0.619. The quantitative estimate of drug-likeness (QED) is 0.514. The van der Waals surface area contributed by atoms with Crippen LogP contribution in [0.4, 0.5) is 16.2 Å². The Bertz CT molecular complexity index is 849. The van der Waals surface area contributed by atoms with Gasteiger partial charge in [0.2, 0.25) is 5.91 Å². The van der Waals surface area contributed by atoms with Crippen molar-refractivity contribution in [3.05, 3.63) is 33.3 Å². The van der Waals surface area contributed by atoms with Crippen LogP contribution in [0.1, 0.15) is 33.6 Å². The van der Waals surface area contributed by atoms with Gasteiger partial charge in [-0.15, -0.1) is 0 Å². The van der Waals surface area contributed by atoms with E-state index in [-0.39, 0.29) is 23.6 Å².